The van der Waals surface area contributed by atoms with Gasteiger partial charge in [-0.15, -0.1) is 0 Å². The van der Waals surface area contributed by atoms with Crippen LogP contribution in [0.1, 0.15) is 32.4 Å². The maximum atomic E-state index is 9.10. The van der Waals surface area contributed by atoms with E-state index in [1.54, 1.807) is 6.07 Å². The molecule has 0 aliphatic heterocycles. The first-order valence-electron chi connectivity index (χ1n) is 5.77. The number of aliphatic hydroxyl groups is 1. The van der Waals surface area contributed by atoms with E-state index >= 15 is 0 Å². The van der Waals surface area contributed by atoms with Crippen molar-refractivity contribution in [3.05, 3.63) is 33.8 Å². The van der Waals surface area contributed by atoms with Crippen LogP contribution in [0.3, 0.4) is 0 Å². The Morgan fingerprint density at radius 2 is 1.88 bits per heavy atom. The highest BCUT2D eigenvalue weighted by Gasteiger charge is 2.16. The Balaban J connectivity index is 2.72. The number of hydrogen-bond donors (Lipinski definition) is 2. The number of benzene rings is 1. The van der Waals surface area contributed by atoms with E-state index in [0.29, 0.717) is 10.0 Å². The molecule has 0 amide bonds. The number of nitrogens with one attached hydrogen (secondary N) is 1. The summed E-state index contributed by atoms with van der Waals surface area (Å²) < 4.78 is 0. The van der Waals surface area contributed by atoms with Crippen LogP contribution in [-0.4, -0.2) is 17.8 Å². The zero-order chi connectivity index (χ0) is 13.0. The molecule has 0 spiro atoms. The summed E-state index contributed by atoms with van der Waals surface area (Å²) >= 11 is 12.0. The van der Waals surface area contributed by atoms with Gasteiger partial charge < -0.3 is 10.4 Å². The predicted octanol–water partition coefficient (Wildman–Crippen LogP) is 3.66. The van der Waals surface area contributed by atoms with Gasteiger partial charge in [0.2, 0.25) is 0 Å². The maximum Gasteiger partial charge on any atom is 0.0471 e. The highest BCUT2D eigenvalue weighted by atomic mass is 35.5. The molecule has 3 unspecified atom stereocenters. The molecule has 0 heterocycles. The Kier molecular flexibility index (Phi) is 5.74. The first-order chi connectivity index (χ1) is 7.95. The van der Waals surface area contributed by atoms with Gasteiger partial charge in [0.15, 0.2) is 0 Å². The third-order valence-electron chi connectivity index (χ3n) is 3.08. The minimum atomic E-state index is 0.128. The molecule has 4 heteroatoms. The van der Waals surface area contributed by atoms with E-state index in [4.69, 9.17) is 28.3 Å². The quantitative estimate of drug-likeness (QED) is 0.860. The van der Waals surface area contributed by atoms with Crippen molar-refractivity contribution in [1.29, 1.82) is 0 Å². The van der Waals surface area contributed by atoms with Gasteiger partial charge >= 0.3 is 0 Å². The van der Waals surface area contributed by atoms with Crippen LogP contribution in [0, 0.1) is 5.92 Å². The standard InChI is InChI=1S/C13H19Cl2NO/c1-8(7-17)9(2)16-10(3)12-5-4-11(14)6-13(12)15/h4-6,8-10,16-17H,7H2,1-3H3. The maximum absolute atomic E-state index is 9.10. The molecule has 17 heavy (non-hydrogen) atoms. The minimum Gasteiger partial charge on any atom is -0.396 e. The second-order valence-corrected chi connectivity index (χ2v) is 5.35. The van der Waals surface area contributed by atoms with E-state index < -0.39 is 0 Å². The highest BCUT2D eigenvalue weighted by molar-refractivity contribution is 6.35. The van der Waals surface area contributed by atoms with Gasteiger partial charge in [-0.25, -0.2) is 0 Å². The topological polar surface area (TPSA) is 32.3 Å². The molecule has 0 saturated heterocycles. The summed E-state index contributed by atoms with van der Waals surface area (Å²) in [6.07, 6.45) is 0. The average molecular weight is 276 g/mol. The van der Waals surface area contributed by atoms with Crippen LogP contribution in [0.15, 0.2) is 18.2 Å². The predicted molar refractivity (Wildman–Crippen MR) is 73.7 cm³/mol. The largest absolute Gasteiger partial charge is 0.396 e. The molecular formula is C13H19Cl2NO. The van der Waals surface area contributed by atoms with E-state index in [9.17, 15) is 0 Å². The molecule has 2 nitrogen and oxygen atoms in total. The summed E-state index contributed by atoms with van der Waals surface area (Å²) in [5.41, 5.74) is 1.02. The fourth-order valence-electron chi connectivity index (χ4n) is 1.66. The molecule has 0 aliphatic carbocycles. The molecule has 0 radical (unpaired) electrons. The summed E-state index contributed by atoms with van der Waals surface area (Å²) in [5, 5.41) is 13.8. The van der Waals surface area contributed by atoms with Crippen LogP contribution in [0.5, 0.6) is 0 Å². The summed E-state index contributed by atoms with van der Waals surface area (Å²) in [7, 11) is 0. The molecule has 0 fully saturated rings. The Morgan fingerprint density at radius 1 is 1.24 bits per heavy atom. The van der Waals surface area contributed by atoms with Crippen LogP contribution in [0.4, 0.5) is 0 Å². The van der Waals surface area contributed by atoms with E-state index in [1.807, 2.05) is 19.1 Å². The van der Waals surface area contributed by atoms with Crippen molar-refractivity contribution in [2.24, 2.45) is 5.92 Å². The summed E-state index contributed by atoms with van der Waals surface area (Å²) in [6, 6.07) is 5.86. The van der Waals surface area contributed by atoms with Gasteiger partial charge in [-0.3, -0.25) is 0 Å². The van der Waals surface area contributed by atoms with Crippen molar-refractivity contribution in [1.82, 2.24) is 5.32 Å². The van der Waals surface area contributed by atoms with Gasteiger partial charge in [0.25, 0.3) is 0 Å². The average Bonchev–Trinajstić information content (AvgIpc) is 2.27. The monoisotopic (exact) mass is 275 g/mol. The van der Waals surface area contributed by atoms with Gasteiger partial charge in [0.05, 0.1) is 0 Å². The Bertz CT molecular complexity index is 370. The molecule has 0 aliphatic rings. The lowest BCUT2D eigenvalue weighted by Gasteiger charge is -2.25. The van der Waals surface area contributed by atoms with Gasteiger partial charge in [-0.1, -0.05) is 36.2 Å². The zero-order valence-electron chi connectivity index (χ0n) is 10.4. The summed E-state index contributed by atoms with van der Waals surface area (Å²) in [4.78, 5) is 0. The molecule has 0 saturated carbocycles. The van der Waals surface area contributed by atoms with Gasteiger partial charge in [-0.2, -0.15) is 0 Å². The lowest BCUT2D eigenvalue weighted by molar-refractivity contribution is 0.202. The fourth-order valence-corrected chi connectivity index (χ4v) is 2.23. The number of aliphatic hydroxyl groups excluding tert-OH is 1. The van der Waals surface area contributed by atoms with Crippen molar-refractivity contribution in [2.45, 2.75) is 32.9 Å². The zero-order valence-corrected chi connectivity index (χ0v) is 11.9. The second kappa shape index (κ2) is 6.60. The molecule has 0 aromatic heterocycles. The van der Waals surface area contributed by atoms with E-state index in [0.717, 1.165) is 5.56 Å². The van der Waals surface area contributed by atoms with Crippen LogP contribution < -0.4 is 5.32 Å². The van der Waals surface area contributed by atoms with Gasteiger partial charge in [0, 0.05) is 28.7 Å². The molecule has 1 aromatic rings. The normalized spacial score (nSPS) is 16.6. The minimum absolute atomic E-state index is 0.128. The summed E-state index contributed by atoms with van der Waals surface area (Å²) in [5.74, 6) is 0.212. The molecule has 0 bridgehead atoms. The lowest BCUT2D eigenvalue weighted by Crippen LogP contribution is -2.35. The molecule has 1 aromatic carbocycles. The first-order valence-corrected chi connectivity index (χ1v) is 6.53. The summed E-state index contributed by atoms with van der Waals surface area (Å²) in [6.45, 7) is 6.29. The Labute approximate surface area is 113 Å². The van der Waals surface area contributed by atoms with Crippen LogP contribution in [0.25, 0.3) is 0 Å². The van der Waals surface area contributed by atoms with Crippen molar-refractivity contribution in [3.8, 4) is 0 Å². The van der Waals surface area contributed by atoms with E-state index in [1.165, 1.54) is 0 Å². The third kappa shape index (κ3) is 4.14. The number of rotatable bonds is 5. The van der Waals surface area contributed by atoms with Crippen LogP contribution in [0.2, 0.25) is 10.0 Å². The van der Waals surface area contributed by atoms with Crippen molar-refractivity contribution in [3.63, 3.8) is 0 Å². The Morgan fingerprint density at radius 3 is 2.41 bits per heavy atom. The van der Waals surface area contributed by atoms with E-state index in [2.05, 4.69) is 19.2 Å². The number of hydrogen-bond acceptors (Lipinski definition) is 2. The fraction of sp³-hybridized carbons (Fsp3) is 0.538. The lowest BCUT2D eigenvalue weighted by atomic mass is 10.0. The number of halogens is 2. The van der Waals surface area contributed by atoms with Crippen molar-refractivity contribution >= 4 is 23.2 Å². The Hall–Kier alpha value is -0.280. The first kappa shape index (κ1) is 14.8. The second-order valence-electron chi connectivity index (χ2n) is 4.50. The highest BCUT2D eigenvalue weighted by Crippen LogP contribution is 2.26. The van der Waals surface area contributed by atoms with Crippen molar-refractivity contribution < 1.29 is 5.11 Å². The molecule has 3 atom stereocenters. The van der Waals surface area contributed by atoms with Crippen LogP contribution >= 0.6 is 23.2 Å². The smallest absolute Gasteiger partial charge is 0.0471 e. The van der Waals surface area contributed by atoms with Crippen molar-refractivity contribution in [2.75, 3.05) is 6.61 Å². The third-order valence-corrected chi connectivity index (χ3v) is 3.65. The molecule has 96 valence electrons. The SMILES string of the molecule is CC(NC(C)C(C)CO)c1ccc(Cl)cc1Cl. The molecule has 1 rings (SSSR count). The molecule has 2 N–H and O–H groups in total. The van der Waals surface area contributed by atoms with Gasteiger partial charge in [0.1, 0.15) is 0 Å². The van der Waals surface area contributed by atoms with Crippen LogP contribution in [-0.2, 0) is 0 Å². The van der Waals surface area contributed by atoms with Gasteiger partial charge in [-0.05, 0) is 37.5 Å². The molecular weight excluding hydrogens is 257 g/mol. The van der Waals surface area contributed by atoms with E-state index in [-0.39, 0.29) is 24.6 Å².